The summed E-state index contributed by atoms with van der Waals surface area (Å²) in [6, 6.07) is 11.0. The van der Waals surface area contributed by atoms with Crippen molar-refractivity contribution in [3.05, 3.63) is 54.3 Å². The number of nitrogens with one attached hydrogen (secondary N) is 2. The fourth-order valence-corrected chi connectivity index (χ4v) is 2.80. The van der Waals surface area contributed by atoms with Crippen molar-refractivity contribution in [2.75, 3.05) is 10.0 Å². The largest absolute Gasteiger partial charge is 0.376 e. The molecule has 0 saturated carbocycles. The first-order valence-corrected chi connectivity index (χ1v) is 7.71. The number of anilines is 2. The summed E-state index contributed by atoms with van der Waals surface area (Å²) in [7, 11) is -3.78. The predicted octanol–water partition coefficient (Wildman–Crippen LogP) is 2.28. The van der Waals surface area contributed by atoms with Crippen molar-refractivity contribution in [2.45, 2.75) is 4.90 Å². The SMILES string of the molecule is NC(=S)Nc1cccc(NS(=O)(=O)c2ccc(F)cc2)c1. The molecule has 0 aliphatic heterocycles. The summed E-state index contributed by atoms with van der Waals surface area (Å²) in [4.78, 5) is -0.0309. The second kappa shape index (κ2) is 6.06. The minimum absolute atomic E-state index is 0.0309. The van der Waals surface area contributed by atoms with Crippen LogP contribution in [0.1, 0.15) is 0 Å². The third kappa shape index (κ3) is 4.14. The second-order valence-corrected chi connectivity index (χ2v) is 6.25. The Bertz CT molecular complexity index is 761. The summed E-state index contributed by atoms with van der Waals surface area (Å²) in [6.45, 7) is 0. The van der Waals surface area contributed by atoms with Crippen LogP contribution in [0.2, 0.25) is 0 Å². The van der Waals surface area contributed by atoms with Crippen LogP contribution < -0.4 is 15.8 Å². The second-order valence-electron chi connectivity index (χ2n) is 4.13. The molecule has 2 aromatic carbocycles. The number of rotatable bonds is 4. The Morgan fingerprint density at radius 3 is 2.33 bits per heavy atom. The third-order valence-corrected chi connectivity index (χ3v) is 4.01. The molecule has 0 unspecified atom stereocenters. The topological polar surface area (TPSA) is 84.2 Å². The van der Waals surface area contributed by atoms with E-state index in [2.05, 4.69) is 10.0 Å². The van der Waals surface area contributed by atoms with Crippen LogP contribution in [0.15, 0.2) is 53.4 Å². The van der Waals surface area contributed by atoms with E-state index in [1.165, 1.54) is 12.1 Å². The van der Waals surface area contributed by atoms with Gasteiger partial charge in [0.1, 0.15) is 5.82 Å². The molecule has 0 aliphatic carbocycles. The van der Waals surface area contributed by atoms with Crippen molar-refractivity contribution >= 4 is 38.7 Å². The maximum atomic E-state index is 12.8. The van der Waals surface area contributed by atoms with Crippen LogP contribution in [0.25, 0.3) is 0 Å². The molecule has 5 nitrogen and oxygen atoms in total. The molecule has 0 amide bonds. The van der Waals surface area contributed by atoms with E-state index in [0.29, 0.717) is 11.4 Å². The Morgan fingerprint density at radius 1 is 1.10 bits per heavy atom. The van der Waals surface area contributed by atoms with Gasteiger partial charge in [-0.15, -0.1) is 0 Å². The highest BCUT2D eigenvalue weighted by atomic mass is 32.2. The van der Waals surface area contributed by atoms with Gasteiger partial charge in [-0.2, -0.15) is 0 Å². The van der Waals surface area contributed by atoms with Crippen molar-refractivity contribution in [3.8, 4) is 0 Å². The first kappa shape index (κ1) is 15.2. The van der Waals surface area contributed by atoms with E-state index in [1.807, 2.05) is 0 Å². The first-order valence-electron chi connectivity index (χ1n) is 5.82. The van der Waals surface area contributed by atoms with Crippen molar-refractivity contribution in [1.82, 2.24) is 0 Å². The molecular formula is C13H12FN3O2S2. The van der Waals surface area contributed by atoms with E-state index < -0.39 is 15.8 Å². The van der Waals surface area contributed by atoms with Gasteiger partial charge in [0.25, 0.3) is 10.0 Å². The van der Waals surface area contributed by atoms with E-state index >= 15 is 0 Å². The number of sulfonamides is 1. The minimum atomic E-state index is -3.78. The highest BCUT2D eigenvalue weighted by Gasteiger charge is 2.14. The molecular weight excluding hydrogens is 313 g/mol. The number of hydrogen-bond acceptors (Lipinski definition) is 3. The molecule has 0 aliphatic rings. The van der Waals surface area contributed by atoms with E-state index in [-0.39, 0.29) is 10.0 Å². The lowest BCUT2D eigenvalue weighted by Gasteiger charge is -2.10. The molecule has 110 valence electrons. The van der Waals surface area contributed by atoms with Gasteiger partial charge in [-0.05, 0) is 54.7 Å². The molecule has 0 radical (unpaired) electrons. The average Bonchev–Trinajstić information content (AvgIpc) is 2.38. The van der Waals surface area contributed by atoms with E-state index in [4.69, 9.17) is 18.0 Å². The molecule has 0 aromatic heterocycles. The van der Waals surface area contributed by atoms with Gasteiger partial charge in [-0.3, -0.25) is 4.72 Å². The van der Waals surface area contributed by atoms with Gasteiger partial charge in [0.05, 0.1) is 10.6 Å². The number of nitrogens with two attached hydrogens (primary N) is 1. The Kier molecular flexibility index (Phi) is 4.39. The highest BCUT2D eigenvalue weighted by molar-refractivity contribution is 7.92. The van der Waals surface area contributed by atoms with Crippen LogP contribution in [0.5, 0.6) is 0 Å². The molecule has 0 spiro atoms. The normalized spacial score (nSPS) is 10.9. The molecule has 0 fully saturated rings. The van der Waals surface area contributed by atoms with Gasteiger partial charge >= 0.3 is 0 Å². The van der Waals surface area contributed by atoms with Crippen molar-refractivity contribution in [3.63, 3.8) is 0 Å². The van der Waals surface area contributed by atoms with Crippen molar-refractivity contribution in [1.29, 1.82) is 0 Å². The highest BCUT2D eigenvalue weighted by Crippen LogP contribution is 2.19. The Labute approximate surface area is 127 Å². The minimum Gasteiger partial charge on any atom is -0.376 e. The van der Waals surface area contributed by atoms with Gasteiger partial charge in [0.15, 0.2) is 5.11 Å². The zero-order valence-electron chi connectivity index (χ0n) is 10.7. The number of hydrogen-bond donors (Lipinski definition) is 3. The van der Waals surface area contributed by atoms with Gasteiger partial charge in [0, 0.05) is 5.69 Å². The Morgan fingerprint density at radius 2 is 1.71 bits per heavy atom. The molecule has 0 atom stereocenters. The smallest absolute Gasteiger partial charge is 0.261 e. The fourth-order valence-electron chi connectivity index (χ4n) is 1.63. The number of halogens is 1. The van der Waals surface area contributed by atoms with E-state index in [9.17, 15) is 12.8 Å². The van der Waals surface area contributed by atoms with Gasteiger partial charge in [0.2, 0.25) is 0 Å². The summed E-state index contributed by atoms with van der Waals surface area (Å²) in [5, 5.41) is 2.78. The predicted molar refractivity (Wildman–Crippen MR) is 84.1 cm³/mol. The standard InChI is InChI=1S/C13H12FN3O2S2/c14-9-4-6-12(7-5-9)21(18,19)17-11-3-1-2-10(8-11)16-13(15)20/h1-8,17H,(H3,15,16,20). The molecule has 21 heavy (non-hydrogen) atoms. The van der Waals surface area contributed by atoms with Crippen LogP contribution in [0, 0.1) is 5.82 Å². The molecule has 0 bridgehead atoms. The maximum Gasteiger partial charge on any atom is 0.261 e. The van der Waals surface area contributed by atoms with Gasteiger partial charge < -0.3 is 11.1 Å². The summed E-state index contributed by atoms with van der Waals surface area (Å²) < 4.78 is 39.5. The van der Waals surface area contributed by atoms with Crippen LogP contribution >= 0.6 is 12.2 Å². The third-order valence-electron chi connectivity index (χ3n) is 2.51. The van der Waals surface area contributed by atoms with E-state index in [1.54, 1.807) is 24.3 Å². The summed E-state index contributed by atoms with van der Waals surface area (Å²) >= 11 is 4.71. The average molecular weight is 325 g/mol. The van der Waals surface area contributed by atoms with Crippen molar-refractivity contribution in [2.24, 2.45) is 5.73 Å². The molecule has 4 N–H and O–H groups in total. The van der Waals surface area contributed by atoms with Crippen LogP contribution in [-0.4, -0.2) is 13.5 Å². The quantitative estimate of drug-likeness (QED) is 0.751. The van der Waals surface area contributed by atoms with Crippen LogP contribution in [-0.2, 0) is 10.0 Å². The van der Waals surface area contributed by atoms with E-state index in [0.717, 1.165) is 12.1 Å². The summed E-state index contributed by atoms with van der Waals surface area (Å²) in [5.74, 6) is -0.503. The zero-order chi connectivity index (χ0) is 15.5. The number of thiocarbonyl (C=S) groups is 1. The molecule has 8 heteroatoms. The molecule has 2 aromatic rings. The molecule has 0 saturated heterocycles. The van der Waals surface area contributed by atoms with Crippen molar-refractivity contribution < 1.29 is 12.8 Å². The monoisotopic (exact) mass is 325 g/mol. The maximum absolute atomic E-state index is 12.8. The van der Waals surface area contributed by atoms with Crippen LogP contribution in [0.4, 0.5) is 15.8 Å². The number of benzene rings is 2. The first-order chi connectivity index (χ1) is 9.87. The molecule has 0 heterocycles. The molecule has 2 rings (SSSR count). The Balaban J connectivity index is 2.24. The van der Waals surface area contributed by atoms with Gasteiger partial charge in [-0.25, -0.2) is 12.8 Å². The summed E-state index contributed by atoms with van der Waals surface area (Å²) in [6.07, 6.45) is 0. The summed E-state index contributed by atoms with van der Waals surface area (Å²) in [5.41, 5.74) is 6.24. The van der Waals surface area contributed by atoms with Gasteiger partial charge in [-0.1, -0.05) is 6.07 Å². The lowest BCUT2D eigenvalue weighted by atomic mass is 10.3. The lowest BCUT2D eigenvalue weighted by molar-refractivity contribution is 0.599. The van der Waals surface area contributed by atoms with Crippen LogP contribution in [0.3, 0.4) is 0 Å². The lowest BCUT2D eigenvalue weighted by Crippen LogP contribution is -2.19. The zero-order valence-corrected chi connectivity index (χ0v) is 12.3. The fraction of sp³-hybridized carbons (Fsp3) is 0. The Hall–Kier alpha value is -2.19.